The first kappa shape index (κ1) is 42.1. The number of ether oxygens (including phenoxy) is 1. The van der Waals surface area contributed by atoms with Crippen molar-refractivity contribution >= 4 is 35.3 Å². The van der Waals surface area contributed by atoms with E-state index < -0.39 is 42.1 Å². The fraction of sp³-hybridized carbons (Fsp3) is 0.585. The Balaban J connectivity index is 1.49. The molecule has 1 saturated carbocycles. The van der Waals surface area contributed by atoms with Crippen LogP contribution in [0.5, 0.6) is 5.75 Å². The number of urea groups is 1. The van der Waals surface area contributed by atoms with Crippen molar-refractivity contribution in [3.63, 3.8) is 0 Å². The van der Waals surface area contributed by atoms with E-state index in [-0.39, 0.29) is 55.4 Å². The fourth-order valence-corrected chi connectivity index (χ4v) is 7.28. The molecular formula is C41H60N6O7. The highest BCUT2D eigenvalue weighted by Crippen LogP contribution is 2.37. The van der Waals surface area contributed by atoms with Crippen molar-refractivity contribution in [2.75, 3.05) is 18.5 Å². The lowest BCUT2D eigenvalue weighted by molar-refractivity contribution is -0.133. The van der Waals surface area contributed by atoms with Crippen molar-refractivity contribution in [3.8, 4) is 5.75 Å². The topological polar surface area (TPSA) is 201 Å². The van der Waals surface area contributed by atoms with Crippen LogP contribution in [0.2, 0.25) is 0 Å². The molecule has 2 aromatic carbocycles. The number of benzene rings is 2. The van der Waals surface area contributed by atoms with Crippen LogP contribution in [0.1, 0.15) is 103 Å². The minimum Gasteiger partial charge on any atom is -0.493 e. The highest BCUT2D eigenvalue weighted by molar-refractivity contribution is 5.93. The number of hydrogen-bond acceptors (Lipinski definition) is 7. The number of carbonyl (C=O) groups excluding carboxylic acids is 5. The van der Waals surface area contributed by atoms with Gasteiger partial charge in [0.1, 0.15) is 17.8 Å². The number of primary amides is 1. The van der Waals surface area contributed by atoms with Crippen LogP contribution in [0.3, 0.4) is 0 Å². The number of hydrogen-bond donors (Lipinski definition) is 7. The highest BCUT2D eigenvalue weighted by Gasteiger charge is 2.34. The molecule has 2 aromatic rings. The summed E-state index contributed by atoms with van der Waals surface area (Å²) in [6.45, 7) is 8.64. The maximum Gasteiger partial charge on any atom is 0.316 e. The van der Waals surface area contributed by atoms with Crippen LogP contribution in [-0.4, -0.2) is 72.1 Å². The Morgan fingerprint density at radius 3 is 2.22 bits per heavy atom. The number of anilines is 1. The lowest BCUT2D eigenvalue weighted by Gasteiger charge is -2.32. The van der Waals surface area contributed by atoms with Crippen molar-refractivity contribution < 1.29 is 33.8 Å². The van der Waals surface area contributed by atoms with Gasteiger partial charge < -0.3 is 42.2 Å². The summed E-state index contributed by atoms with van der Waals surface area (Å²) in [7, 11) is 0. The molecular weight excluding hydrogens is 688 g/mol. The summed E-state index contributed by atoms with van der Waals surface area (Å²) in [5.41, 5.74) is 7.34. The molecule has 0 aromatic heterocycles. The number of nitrogens with one attached hydrogen (secondary N) is 5. The van der Waals surface area contributed by atoms with E-state index in [1.165, 1.54) is 0 Å². The molecule has 1 fully saturated rings. The molecule has 54 heavy (non-hydrogen) atoms. The first-order valence-electron chi connectivity index (χ1n) is 19.5. The van der Waals surface area contributed by atoms with Crippen LogP contribution in [0.25, 0.3) is 0 Å². The lowest BCUT2D eigenvalue weighted by atomic mass is 9.83. The van der Waals surface area contributed by atoms with Crippen molar-refractivity contribution in [1.29, 1.82) is 0 Å². The number of nitrogens with two attached hydrogens (primary N) is 1. The van der Waals surface area contributed by atoms with Crippen molar-refractivity contribution in [3.05, 3.63) is 59.7 Å². The second-order valence-corrected chi connectivity index (χ2v) is 15.8. The molecule has 296 valence electrons. The average molecular weight is 749 g/mol. The third-order valence-corrected chi connectivity index (χ3v) is 10.1. The third kappa shape index (κ3) is 13.6. The van der Waals surface area contributed by atoms with Crippen LogP contribution >= 0.6 is 0 Å². The van der Waals surface area contributed by atoms with Crippen LogP contribution < -0.4 is 37.1 Å². The number of aliphatic hydroxyl groups excluding tert-OH is 1. The zero-order valence-electron chi connectivity index (χ0n) is 32.2. The van der Waals surface area contributed by atoms with Crippen molar-refractivity contribution in [1.82, 2.24) is 21.3 Å². The van der Waals surface area contributed by atoms with E-state index in [4.69, 9.17) is 10.5 Å². The largest absolute Gasteiger partial charge is 0.493 e. The Kier molecular flexibility index (Phi) is 16.1. The molecule has 13 heteroatoms. The minimum absolute atomic E-state index is 0.0208. The summed E-state index contributed by atoms with van der Waals surface area (Å²) in [5, 5.41) is 25.6. The summed E-state index contributed by atoms with van der Waals surface area (Å²) in [4.78, 5) is 65.8. The third-order valence-electron chi connectivity index (χ3n) is 10.1. The van der Waals surface area contributed by atoms with Gasteiger partial charge in [-0.1, -0.05) is 90.1 Å². The maximum atomic E-state index is 14.1. The smallest absolute Gasteiger partial charge is 0.316 e. The maximum absolute atomic E-state index is 14.1. The molecule has 0 spiro atoms. The van der Waals surface area contributed by atoms with E-state index in [2.05, 4.69) is 26.6 Å². The molecule has 2 aliphatic rings. The van der Waals surface area contributed by atoms with Gasteiger partial charge in [0, 0.05) is 36.6 Å². The number of amides is 6. The normalized spacial score (nSPS) is 17.7. The molecule has 0 radical (unpaired) electrons. The SMILES string of the molecule is CC(C)CNC(=O)C[C@H](O)[C@H](CC1CCCCC1)NC(=O)[C@H](CC(C)C)NC(=O)[C@H](Cc1ccccc1)NC(=O)CC1COc2ccc(NC(N)=O)cc21. The van der Waals surface area contributed by atoms with Crippen LogP contribution in [0.15, 0.2) is 48.5 Å². The number of carbonyl (C=O) groups is 5. The van der Waals surface area contributed by atoms with E-state index >= 15 is 0 Å². The van der Waals surface area contributed by atoms with Crippen LogP contribution in [0, 0.1) is 17.8 Å². The summed E-state index contributed by atoms with van der Waals surface area (Å²) in [5.74, 6) is -0.730. The summed E-state index contributed by atoms with van der Waals surface area (Å²) < 4.78 is 5.79. The number of rotatable bonds is 19. The van der Waals surface area contributed by atoms with Gasteiger partial charge in [-0.25, -0.2) is 4.79 Å². The van der Waals surface area contributed by atoms with Crippen LogP contribution in [0.4, 0.5) is 10.5 Å². The van der Waals surface area contributed by atoms with Gasteiger partial charge in [-0.15, -0.1) is 0 Å². The second-order valence-electron chi connectivity index (χ2n) is 15.8. The molecule has 1 heterocycles. The molecule has 4 rings (SSSR count). The summed E-state index contributed by atoms with van der Waals surface area (Å²) in [6, 6.07) is 11.1. The van der Waals surface area contributed by atoms with Gasteiger partial charge in [-0.05, 0) is 54.4 Å². The summed E-state index contributed by atoms with van der Waals surface area (Å²) >= 11 is 0. The van der Waals surface area contributed by atoms with Gasteiger partial charge in [0.25, 0.3) is 0 Å². The van der Waals surface area contributed by atoms with Crippen molar-refractivity contribution in [2.24, 2.45) is 23.5 Å². The first-order chi connectivity index (χ1) is 25.8. The van der Waals surface area contributed by atoms with Gasteiger partial charge in [0.2, 0.25) is 23.6 Å². The monoisotopic (exact) mass is 748 g/mol. The van der Waals surface area contributed by atoms with E-state index in [1.54, 1.807) is 18.2 Å². The average Bonchev–Trinajstić information content (AvgIpc) is 3.51. The molecule has 6 amide bonds. The molecule has 1 aliphatic carbocycles. The predicted octanol–water partition coefficient (Wildman–Crippen LogP) is 4.28. The Labute approximate surface area is 319 Å². The number of fused-ring (bicyclic) bond motifs is 1. The standard InChI is InChI=1S/C41H60N6O7/c1-25(2)17-33(39(51)46-32(18-27-11-7-5-8-12-27)35(48)22-37(49)43-23-26(3)4)47-40(52)34(19-28-13-9-6-10-14-28)45-38(50)20-29-24-54-36-16-15-30(21-31(29)36)44-41(42)53/h6,9-10,13-16,21,25-27,29,32-35,48H,5,7-8,11-12,17-20,22-24H2,1-4H3,(H,43,49)(H,45,50)(H,46,51)(H,47,52)(H3,42,44,53)/t29?,32-,33-,34-,35-/m0/s1. The molecule has 1 aliphatic heterocycles. The second kappa shape index (κ2) is 20.7. The van der Waals surface area contributed by atoms with E-state index in [0.717, 1.165) is 43.2 Å². The first-order valence-corrected chi connectivity index (χ1v) is 19.5. The van der Waals surface area contributed by atoms with Crippen molar-refractivity contribution in [2.45, 2.75) is 122 Å². The quantitative estimate of drug-likeness (QED) is 0.111. The molecule has 5 atom stereocenters. The van der Waals surface area contributed by atoms with E-state index in [1.807, 2.05) is 58.0 Å². The Morgan fingerprint density at radius 1 is 0.852 bits per heavy atom. The fourth-order valence-electron chi connectivity index (χ4n) is 7.28. The highest BCUT2D eigenvalue weighted by atomic mass is 16.5. The molecule has 8 N–H and O–H groups in total. The van der Waals surface area contributed by atoms with Gasteiger partial charge in [-0.2, -0.15) is 0 Å². The van der Waals surface area contributed by atoms with E-state index in [9.17, 15) is 29.1 Å². The van der Waals surface area contributed by atoms with Gasteiger partial charge in [0.15, 0.2) is 0 Å². The summed E-state index contributed by atoms with van der Waals surface area (Å²) in [6.07, 6.45) is 5.15. The molecule has 0 bridgehead atoms. The minimum atomic E-state index is -1.10. The number of aliphatic hydroxyl groups is 1. The van der Waals surface area contributed by atoms with Gasteiger partial charge >= 0.3 is 6.03 Å². The van der Waals surface area contributed by atoms with Gasteiger partial charge in [-0.3, -0.25) is 19.2 Å². The van der Waals surface area contributed by atoms with E-state index in [0.29, 0.717) is 36.7 Å². The Hall–Kier alpha value is -4.65. The lowest BCUT2D eigenvalue weighted by Crippen LogP contribution is -2.57. The zero-order chi connectivity index (χ0) is 39.2. The Morgan fingerprint density at radius 2 is 1.56 bits per heavy atom. The predicted molar refractivity (Wildman–Crippen MR) is 208 cm³/mol. The molecule has 1 unspecified atom stereocenters. The Bertz CT molecular complexity index is 1560. The zero-order valence-corrected chi connectivity index (χ0v) is 32.2. The molecule has 0 saturated heterocycles. The van der Waals surface area contributed by atoms with Crippen LogP contribution in [-0.2, 0) is 25.6 Å². The molecule has 13 nitrogen and oxygen atoms in total. The van der Waals surface area contributed by atoms with Gasteiger partial charge in [0.05, 0.1) is 25.2 Å².